The molecule has 4 aromatic heterocycles. The predicted octanol–water partition coefficient (Wildman–Crippen LogP) is 4.38. The second-order valence-corrected chi connectivity index (χ2v) is 11.5. The lowest BCUT2D eigenvalue weighted by molar-refractivity contribution is -0.126. The Bertz CT molecular complexity index is 1580. The van der Waals surface area contributed by atoms with E-state index < -0.39 is 17.6 Å². The normalized spacial score (nSPS) is 17.5. The fourth-order valence-corrected chi connectivity index (χ4v) is 5.23. The first-order valence-electron chi connectivity index (χ1n) is 13.6. The van der Waals surface area contributed by atoms with Crippen molar-refractivity contribution in [1.82, 2.24) is 35.3 Å². The maximum Gasteiger partial charge on any atom is 0.410 e. The summed E-state index contributed by atoms with van der Waals surface area (Å²) in [7, 11) is 1.60. The average Bonchev–Trinajstić information content (AvgIpc) is 3.49. The number of nitrogens with one attached hydrogen (secondary N) is 3. The Morgan fingerprint density at radius 3 is 2.61 bits per heavy atom. The number of carbonyl (C=O) groups is 2. The van der Waals surface area contributed by atoms with E-state index in [0.717, 1.165) is 50.6 Å². The van der Waals surface area contributed by atoms with Crippen molar-refractivity contribution in [3.63, 3.8) is 0 Å². The third-order valence-electron chi connectivity index (χ3n) is 7.11. The van der Waals surface area contributed by atoms with Crippen LogP contribution in [0.2, 0.25) is 0 Å². The molecule has 216 valence electrons. The highest BCUT2D eigenvalue weighted by Crippen LogP contribution is 2.33. The maximum atomic E-state index is 12.9. The van der Waals surface area contributed by atoms with Crippen LogP contribution < -0.4 is 10.6 Å². The lowest BCUT2D eigenvalue weighted by atomic mass is 9.93. The fraction of sp³-hybridized carbons (Fsp3) is 0.448. The van der Waals surface area contributed by atoms with E-state index in [-0.39, 0.29) is 18.5 Å². The van der Waals surface area contributed by atoms with Crippen molar-refractivity contribution in [3.05, 3.63) is 41.5 Å². The van der Waals surface area contributed by atoms with Gasteiger partial charge in [0.25, 0.3) is 0 Å². The van der Waals surface area contributed by atoms with E-state index in [0.29, 0.717) is 18.9 Å². The first-order chi connectivity index (χ1) is 19.4. The number of amides is 2. The predicted molar refractivity (Wildman–Crippen MR) is 154 cm³/mol. The maximum absolute atomic E-state index is 12.9. The molecule has 3 N–H and O–H groups in total. The molecule has 4 aromatic rings. The zero-order valence-electron chi connectivity index (χ0n) is 24.5. The van der Waals surface area contributed by atoms with Gasteiger partial charge in [0, 0.05) is 49.5 Å². The molecular formula is C29H36N8O4. The molecule has 0 aromatic carbocycles. The minimum atomic E-state index is -0.642. The summed E-state index contributed by atoms with van der Waals surface area (Å²) >= 11 is 0. The number of aromatic amines is 1. The number of rotatable bonds is 5. The van der Waals surface area contributed by atoms with Gasteiger partial charge in [0.15, 0.2) is 0 Å². The molecule has 2 atom stereocenters. The molecule has 5 heterocycles. The molecule has 0 saturated carbocycles. The quantitative estimate of drug-likeness (QED) is 0.323. The third-order valence-corrected chi connectivity index (χ3v) is 7.11. The van der Waals surface area contributed by atoms with Gasteiger partial charge in [-0.15, -0.1) is 0 Å². The summed E-state index contributed by atoms with van der Waals surface area (Å²) in [5.41, 5.74) is 5.07. The Balaban J connectivity index is 1.41. The first kappa shape index (κ1) is 28.1. The Labute approximate surface area is 238 Å². The number of hydrogen-bond donors (Lipinski definition) is 3. The number of aryl methyl sites for hydroxylation is 3. The minimum absolute atomic E-state index is 0.127. The van der Waals surface area contributed by atoms with Crippen molar-refractivity contribution in [3.8, 4) is 22.5 Å². The summed E-state index contributed by atoms with van der Waals surface area (Å²) in [5.74, 6) is 0.607. The van der Waals surface area contributed by atoms with Crippen molar-refractivity contribution in [2.45, 2.75) is 59.6 Å². The van der Waals surface area contributed by atoms with E-state index in [1.807, 2.05) is 59.9 Å². The molecule has 1 aliphatic heterocycles. The largest absolute Gasteiger partial charge is 0.444 e. The number of ether oxygens (including phenoxy) is 1. The van der Waals surface area contributed by atoms with Crippen molar-refractivity contribution in [1.29, 1.82) is 0 Å². The lowest BCUT2D eigenvalue weighted by Gasteiger charge is -2.38. The molecule has 12 nitrogen and oxygen atoms in total. The van der Waals surface area contributed by atoms with Crippen molar-refractivity contribution in [2.24, 2.45) is 5.92 Å². The third kappa shape index (κ3) is 5.86. The number of nitrogens with zero attached hydrogens (tertiary/aromatic N) is 5. The summed E-state index contributed by atoms with van der Waals surface area (Å²) < 4.78 is 10.9. The van der Waals surface area contributed by atoms with Crippen LogP contribution in [0.4, 0.5) is 10.7 Å². The topological polar surface area (TPSA) is 151 Å². The number of aromatic nitrogens is 5. The molecule has 0 bridgehead atoms. The molecule has 0 radical (unpaired) electrons. The molecular weight excluding hydrogens is 524 g/mol. The van der Waals surface area contributed by atoms with Crippen molar-refractivity contribution in [2.75, 3.05) is 25.5 Å². The van der Waals surface area contributed by atoms with E-state index in [4.69, 9.17) is 19.2 Å². The highest BCUT2D eigenvalue weighted by Gasteiger charge is 2.36. The van der Waals surface area contributed by atoms with Gasteiger partial charge in [-0.1, -0.05) is 5.16 Å². The SMILES string of the molecule is CNC(=O)[C@@H]1C[C@H](Nc2ncc(C)c(-c3c[nH]c4nc(-c5c(C)noc5C)ccc34)n2)CN(C(=O)OC(C)(C)C)C1. The Morgan fingerprint density at radius 2 is 1.93 bits per heavy atom. The number of carbonyl (C=O) groups excluding carboxylic acids is 2. The van der Waals surface area contributed by atoms with Gasteiger partial charge in [-0.05, 0) is 65.7 Å². The zero-order valence-corrected chi connectivity index (χ0v) is 24.5. The van der Waals surface area contributed by atoms with E-state index in [9.17, 15) is 9.59 Å². The fourth-order valence-electron chi connectivity index (χ4n) is 5.23. The summed E-state index contributed by atoms with van der Waals surface area (Å²) in [6, 6.07) is 3.71. The van der Waals surface area contributed by atoms with Crippen LogP contribution in [0.15, 0.2) is 29.0 Å². The second kappa shape index (κ2) is 10.8. The molecule has 5 rings (SSSR count). The van der Waals surface area contributed by atoms with Gasteiger partial charge in [0.2, 0.25) is 11.9 Å². The van der Waals surface area contributed by atoms with Gasteiger partial charge in [0.1, 0.15) is 17.0 Å². The summed E-state index contributed by atoms with van der Waals surface area (Å²) in [5, 5.41) is 11.0. The van der Waals surface area contributed by atoms with Crippen LogP contribution in [0.25, 0.3) is 33.5 Å². The Kier molecular flexibility index (Phi) is 7.41. The molecule has 1 fully saturated rings. The summed E-state index contributed by atoms with van der Waals surface area (Å²) in [4.78, 5) is 44.5. The molecule has 41 heavy (non-hydrogen) atoms. The van der Waals surface area contributed by atoms with E-state index in [1.165, 1.54) is 0 Å². The number of pyridine rings is 1. The van der Waals surface area contributed by atoms with Crippen molar-refractivity contribution < 1.29 is 18.8 Å². The van der Waals surface area contributed by atoms with Crippen molar-refractivity contribution >= 4 is 29.0 Å². The number of likely N-dealkylation sites (tertiary alicyclic amines) is 1. The van der Waals surface area contributed by atoms with E-state index in [1.54, 1.807) is 18.1 Å². The van der Waals surface area contributed by atoms with Gasteiger partial charge < -0.3 is 29.8 Å². The summed E-state index contributed by atoms with van der Waals surface area (Å²) in [6.07, 6.45) is 3.72. The second-order valence-electron chi connectivity index (χ2n) is 11.5. The molecule has 1 saturated heterocycles. The highest BCUT2D eigenvalue weighted by atomic mass is 16.6. The molecule has 2 amide bonds. The Hall–Kier alpha value is -4.48. The average molecular weight is 561 g/mol. The standard InChI is InChI=1S/C29H36N8O4/c1-15-11-32-27(33-19-10-18(26(38)30-7)13-37(14-19)28(39)40-29(4,5)6)35-24(15)21-12-31-25-20(21)8-9-22(34-25)23-16(2)36-41-17(23)3/h8-9,11-12,18-19H,10,13-14H2,1-7H3,(H,30,38)(H,31,34)(H,32,33,35)/t18-,19+/m1/s1. The number of anilines is 1. The number of hydrogen-bond acceptors (Lipinski definition) is 9. The molecule has 0 unspecified atom stereocenters. The van der Waals surface area contributed by atoms with Crippen LogP contribution in [0.3, 0.4) is 0 Å². The van der Waals surface area contributed by atoms with Crippen LogP contribution in [0, 0.1) is 26.7 Å². The molecule has 1 aliphatic rings. The summed E-state index contributed by atoms with van der Waals surface area (Å²) in [6.45, 7) is 11.8. The minimum Gasteiger partial charge on any atom is -0.444 e. The van der Waals surface area contributed by atoms with Gasteiger partial charge >= 0.3 is 6.09 Å². The number of fused-ring (bicyclic) bond motifs is 1. The Morgan fingerprint density at radius 1 is 1.15 bits per heavy atom. The van der Waals surface area contributed by atoms with E-state index in [2.05, 4.69) is 25.8 Å². The van der Waals surface area contributed by atoms with Gasteiger partial charge in [-0.3, -0.25) is 4.79 Å². The molecule has 0 aliphatic carbocycles. The van der Waals surface area contributed by atoms with Crippen LogP contribution in [0.1, 0.15) is 44.2 Å². The van der Waals surface area contributed by atoms with Crippen LogP contribution in [-0.4, -0.2) is 73.8 Å². The lowest BCUT2D eigenvalue weighted by Crippen LogP contribution is -2.53. The van der Waals surface area contributed by atoms with Gasteiger partial charge in [-0.2, -0.15) is 0 Å². The van der Waals surface area contributed by atoms with Crippen LogP contribution in [-0.2, 0) is 9.53 Å². The van der Waals surface area contributed by atoms with Crippen LogP contribution >= 0.6 is 0 Å². The molecule has 12 heteroatoms. The monoisotopic (exact) mass is 560 g/mol. The number of piperidine rings is 1. The van der Waals surface area contributed by atoms with Gasteiger partial charge in [-0.25, -0.2) is 19.7 Å². The molecule has 0 spiro atoms. The van der Waals surface area contributed by atoms with E-state index >= 15 is 0 Å². The number of H-pyrrole nitrogens is 1. The van der Waals surface area contributed by atoms with Gasteiger partial charge in [0.05, 0.1) is 28.6 Å². The zero-order chi connectivity index (χ0) is 29.5. The smallest absolute Gasteiger partial charge is 0.410 e. The highest BCUT2D eigenvalue weighted by molar-refractivity contribution is 5.94. The van der Waals surface area contributed by atoms with Crippen LogP contribution in [0.5, 0.6) is 0 Å². The first-order valence-corrected chi connectivity index (χ1v) is 13.6.